The van der Waals surface area contributed by atoms with Gasteiger partial charge in [0, 0.05) is 13.1 Å². The number of hydrogen-bond donors (Lipinski definition) is 1. The fraction of sp³-hybridized carbons (Fsp3) is 0.480. The molecule has 7 heteroatoms. The molecule has 1 amide bonds. The number of carbonyl (C=O) groups excluding carboxylic acids is 1. The fourth-order valence-electron chi connectivity index (χ4n) is 4.29. The molecular weight excluding hydrogens is 422 g/mol. The van der Waals surface area contributed by atoms with Gasteiger partial charge in [0.1, 0.15) is 6.04 Å². The molecular formula is C25H35N3O3S. The first-order valence-electron chi connectivity index (χ1n) is 11.4. The average Bonchev–Trinajstić information content (AvgIpc) is 2.77. The minimum absolute atomic E-state index is 0.286. The third-order valence-electron chi connectivity index (χ3n) is 6.03. The quantitative estimate of drug-likeness (QED) is 0.621. The van der Waals surface area contributed by atoms with E-state index in [1.807, 2.05) is 44.2 Å². The second-order valence-corrected chi connectivity index (χ2v) is 10.5. The number of nitrogens with one attached hydrogen (secondary N) is 1. The van der Waals surface area contributed by atoms with Crippen molar-refractivity contribution in [1.82, 2.24) is 10.2 Å². The zero-order chi connectivity index (χ0) is 23.1. The number of rotatable bonds is 9. The minimum atomic E-state index is -3.63. The van der Waals surface area contributed by atoms with Crippen molar-refractivity contribution in [3.8, 4) is 0 Å². The highest BCUT2D eigenvalue weighted by Crippen LogP contribution is 2.23. The molecule has 2 aromatic rings. The maximum absolute atomic E-state index is 13.1. The molecule has 1 N–H and O–H groups in total. The normalized spacial score (nSPS) is 15.8. The molecule has 1 atom stereocenters. The molecule has 1 fully saturated rings. The van der Waals surface area contributed by atoms with Crippen molar-refractivity contribution in [3.05, 3.63) is 65.2 Å². The molecule has 174 valence electrons. The molecule has 32 heavy (non-hydrogen) atoms. The van der Waals surface area contributed by atoms with Gasteiger partial charge in [-0.05, 0) is 62.5 Å². The highest BCUT2D eigenvalue weighted by Gasteiger charge is 2.31. The Morgan fingerprint density at radius 1 is 1.03 bits per heavy atom. The SMILES string of the molecule is CCC(C(=O)NCc1ccccc1CN1CCCCC1)N(c1ccc(C)cc1)S(C)(=O)=O. The number of piperidine rings is 1. The molecule has 0 bridgehead atoms. The van der Waals surface area contributed by atoms with E-state index in [9.17, 15) is 13.2 Å². The predicted molar refractivity (Wildman–Crippen MR) is 130 cm³/mol. The zero-order valence-electron chi connectivity index (χ0n) is 19.4. The van der Waals surface area contributed by atoms with Crippen molar-refractivity contribution < 1.29 is 13.2 Å². The Kier molecular flexibility index (Phi) is 8.32. The number of carbonyl (C=O) groups is 1. The molecule has 1 saturated heterocycles. The molecule has 1 aliphatic heterocycles. The summed E-state index contributed by atoms with van der Waals surface area (Å²) >= 11 is 0. The maximum Gasteiger partial charge on any atom is 0.244 e. The average molecular weight is 458 g/mol. The number of aryl methyl sites for hydroxylation is 1. The van der Waals surface area contributed by atoms with Crippen LogP contribution in [0.1, 0.15) is 49.3 Å². The summed E-state index contributed by atoms with van der Waals surface area (Å²) in [6, 6.07) is 14.6. The Bertz CT molecular complexity index is 999. The third kappa shape index (κ3) is 6.33. The van der Waals surface area contributed by atoms with Gasteiger partial charge in [0.05, 0.1) is 11.9 Å². The van der Waals surface area contributed by atoms with E-state index in [2.05, 4.69) is 16.3 Å². The molecule has 0 spiro atoms. The number of amides is 1. The van der Waals surface area contributed by atoms with Crippen LogP contribution in [0.4, 0.5) is 5.69 Å². The molecule has 6 nitrogen and oxygen atoms in total. The van der Waals surface area contributed by atoms with Gasteiger partial charge in [-0.25, -0.2) is 8.42 Å². The van der Waals surface area contributed by atoms with Crippen LogP contribution in [0.15, 0.2) is 48.5 Å². The molecule has 1 aliphatic rings. The summed E-state index contributed by atoms with van der Waals surface area (Å²) in [7, 11) is -3.63. The van der Waals surface area contributed by atoms with Crippen molar-refractivity contribution in [2.24, 2.45) is 0 Å². The van der Waals surface area contributed by atoms with E-state index in [4.69, 9.17) is 0 Å². The molecule has 0 radical (unpaired) electrons. The van der Waals surface area contributed by atoms with Crippen LogP contribution in [0, 0.1) is 6.92 Å². The number of anilines is 1. The second-order valence-electron chi connectivity index (χ2n) is 8.64. The van der Waals surface area contributed by atoms with Gasteiger partial charge in [-0.2, -0.15) is 0 Å². The van der Waals surface area contributed by atoms with Gasteiger partial charge in [0.25, 0.3) is 0 Å². The van der Waals surface area contributed by atoms with E-state index in [1.54, 1.807) is 12.1 Å². The van der Waals surface area contributed by atoms with Crippen LogP contribution >= 0.6 is 0 Å². The lowest BCUT2D eigenvalue weighted by Crippen LogP contribution is -2.49. The van der Waals surface area contributed by atoms with E-state index in [1.165, 1.54) is 29.1 Å². The number of hydrogen-bond acceptors (Lipinski definition) is 4. The molecule has 3 rings (SSSR count). The van der Waals surface area contributed by atoms with E-state index in [0.717, 1.165) is 37.0 Å². The standard InChI is InChI=1S/C25H35N3O3S/c1-4-24(28(32(3,30)31)23-14-12-20(2)13-15-23)25(29)26-18-21-10-6-7-11-22(21)19-27-16-8-5-9-17-27/h6-7,10-15,24H,4-5,8-9,16-19H2,1-3H3,(H,26,29). The van der Waals surface area contributed by atoms with Gasteiger partial charge in [-0.3, -0.25) is 14.0 Å². The highest BCUT2D eigenvalue weighted by molar-refractivity contribution is 7.92. The maximum atomic E-state index is 13.1. The minimum Gasteiger partial charge on any atom is -0.350 e. The van der Waals surface area contributed by atoms with Gasteiger partial charge in [-0.1, -0.05) is 55.3 Å². The Labute approximate surface area is 192 Å². The predicted octanol–water partition coefficient (Wildman–Crippen LogP) is 3.84. The smallest absolute Gasteiger partial charge is 0.244 e. The molecule has 1 heterocycles. The Morgan fingerprint density at radius 2 is 1.66 bits per heavy atom. The first kappa shape index (κ1) is 24.3. The van der Waals surface area contributed by atoms with Crippen LogP contribution in [0.2, 0.25) is 0 Å². The van der Waals surface area contributed by atoms with Gasteiger partial charge in [-0.15, -0.1) is 0 Å². The van der Waals surface area contributed by atoms with Crippen LogP contribution in [-0.2, 0) is 27.9 Å². The summed E-state index contributed by atoms with van der Waals surface area (Å²) in [4.78, 5) is 15.6. The first-order chi connectivity index (χ1) is 15.3. The first-order valence-corrected chi connectivity index (χ1v) is 13.3. The number of likely N-dealkylation sites (tertiary alicyclic amines) is 1. The van der Waals surface area contributed by atoms with Crippen LogP contribution in [0.5, 0.6) is 0 Å². The summed E-state index contributed by atoms with van der Waals surface area (Å²) in [6.45, 7) is 7.25. The van der Waals surface area contributed by atoms with Gasteiger partial charge in [0.2, 0.25) is 15.9 Å². The van der Waals surface area contributed by atoms with Crippen molar-refractivity contribution in [2.75, 3.05) is 23.7 Å². The van der Waals surface area contributed by atoms with Crippen LogP contribution in [0.3, 0.4) is 0 Å². The number of nitrogens with zero attached hydrogens (tertiary/aromatic N) is 2. The van der Waals surface area contributed by atoms with Crippen molar-refractivity contribution in [3.63, 3.8) is 0 Å². The molecule has 0 aromatic heterocycles. The van der Waals surface area contributed by atoms with E-state index < -0.39 is 16.1 Å². The summed E-state index contributed by atoms with van der Waals surface area (Å²) in [6.07, 6.45) is 5.29. The second kappa shape index (κ2) is 11.0. The lowest BCUT2D eigenvalue weighted by Gasteiger charge is -2.30. The summed E-state index contributed by atoms with van der Waals surface area (Å²) in [5.74, 6) is -0.286. The van der Waals surface area contributed by atoms with E-state index in [-0.39, 0.29) is 5.91 Å². The monoisotopic (exact) mass is 457 g/mol. The van der Waals surface area contributed by atoms with Gasteiger partial charge in [0.15, 0.2) is 0 Å². The lowest BCUT2D eigenvalue weighted by atomic mass is 10.0. The van der Waals surface area contributed by atoms with Crippen LogP contribution < -0.4 is 9.62 Å². The Hall–Kier alpha value is -2.38. The summed E-state index contributed by atoms with van der Waals surface area (Å²) < 4.78 is 26.5. The number of sulfonamides is 1. The Balaban J connectivity index is 1.74. The molecule has 2 aromatic carbocycles. The lowest BCUT2D eigenvalue weighted by molar-refractivity contribution is -0.122. The highest BCUT2D eigenvalue weighted by atomic mass is 32.2. The van der Waals surface area contributed by atoms with Crippen molar-refractivity contribution in [2.45, 2.75) is 58.7 Å². The zero-order valence-corrected chi connectivity index (χ0v) is 20.2. The van der Waals surface area contributed by atoms with Crippen LogP contribution in [0.25, 0.3) is 0 Å². The van der Waals surface area contributed by atoms with Crippen molar-refractivity contribution >= 4 is 21.6 Å². The van der Waals surface area contributed by atoms with Gasteiger partial charge >= 0.3 is 0 Å². The topological polar surface area (TPSA) is 69.7 Å². The molecule has 0 saturated carbocycles. The summed E-state index contributed by atoms with van der Waals surface area (Å²) in [5, 5.41) is 3.00. The third-order valence-corrected chi connectivity index (χ3v) is 7.21. The largest absolute Gasteiger partial charge is 0.350 e. The van der Waals surface area contributed by atoms with Gasteiger partial charge < -0.3 is 5.32 Å². The molecule has 0 aliphatic carbocycles. The Morgan fingerprint density at radius 3 is 2.25 bits per heavy atom. The summed E-state index contributed by atoms with van der Waals surface area (Å²) in [5.41, 5.74) is 3.82. The van der Waals surface area contributed by atoms with E-state index in [0.29, 0.717) is 18.7 Å². The molecule has 1 unspecified atom stereocenters. The number of benzene rings is 2. The van der Waals surface area contributed by atoms with E-state index >= 15 is 0 Å². The van der Waals surface area contributed by atoms with Crippen molar-refractivity contribution in [1.29, 1.82) is 0 Å². The van der Waals surface area contributed by atoms with Crippen LogP contribution in [-0.4, -0.2) is 44.6 Å². The fourth-order valence-corrected chi connectivity index (χ4v) is 5.51.